The number of rotatable bonds is 6. The Balaban J connectivity index is 1.99. The summed E-state index contributed by atoms with van der Waals surface area (Å²) in [6.45, 7) is 2.52. The first-order chi connectivity index (χ1) is 9.74. The van der Waals surface area contributed by atoms with Crippen molar-refractivity contribution >= 4 is 12.0 Å². The fourth-order valence-corrected chi connectivity index (χ4v) is 1.67. The third kappa shape index (κ3) is 3.28. The summed E-state index contributed by atoms with van der Waals surface area (Å²) in [6.07, 6.45) is 1.27. The van der Waals surface area contributed by atoms with Crippen molar-refractivity contribution in [3.8, 4) is 5.75 Å². The smallest absolute Gasteiger partial charge is 0.360 e. The summed E-state index contributed by atoms with van der Waals surface area (Å²) in [4.78, 5) is 15.4. The molecule has 0 saturated carbocycles. The number of esters is 1. The number of carbonyl (C=O) groups excluding carboxylic acids is 1. The van der Waals surface area contributed by atoms with Gasteiger partial charge in [-0.2, -0.15) is 4.98 Å². The van der Waals surface area contributed by atoms with Crippen LogP contribution in [-0.2, 0) is 11.3 Å². The summed E-state index contributed by atoms with van der Waals surface area (Å²) in [5, 5.41) is 2.99. The zero-order valence-electron chi connectivity index (χ0n) is 11.4. The molecule has 0 aliphatic rings. The van der Waals surface area contributed by atoms with E-state index in [0.29, 0.717) is 13.2 Å². The number of oxazole rings is 1. The SMILES string of the molecule is CCOC(=O)c1coc(NCc2ccccc2OC)n1. The molecule has 0 spiro atoms. The molecule has 0 atom stereocenters. The van der Waals surface area contributed by atoms with Gasteiger partial charge in [-0.05, 0) is 13.0 Å². The predicted octanol–water partition coefficient (Wildman–Crippen LogP) is 2.47. The Kier molecular flexibility index (Phi) is 4.60. The van der Waals surface area contributed by atoms with Crippen molar-refractivity contribution in [3.05, 3.63) is 41.8 Å². The number of nitrogens with one attached hydrogen (secondary N) is 1. The first-order valence-corrected chi connectivity index (χ1v) is 6.23. The van der Waals surface area contributed by atoms with Gasteiger partial charge < -0.3 is 19.2 Å². The van der Waals surface area contributed by atoms with Crippen LogP contribution in [0.15, 0.2) is 34.9 Å². The second-order valence-corrected chi connectivity index (χ2v) is 3.92. The van der Waals surface area contributed by atoms with E-state index in [1.165, 1.54) is 6.26 Å². The van der Waals surface area contributed by atoms with Crippen LogP contribution < -0.4 is 10.1 Å². The Labute approximate surface area is 116 Å². The lowest BCUT2D eigenvalue weighted by molar-refractivity contribution is 0.0519. The van der Waals surface area contributed by atoms with Gasteiger partial charge in [-0.1, -0.05) is 18.2 Å². The Hall–Kier alpha value is -2.50. The number of carbonyl (C=O) groups is 1. The van der Waals surface area contributed by atoms with Crippen molar-refractivity contribution in [1.82, 2.24) is 4.98 Å². The largest absolute Gasteiger partial charge is 0.496 e. The Morgan fingerprint density at radius 2 is 2.20 bits per heavy atom. The van der Waals surface area contributed by atoms with E-state index in [1.807, 2.05) is 24.3 Å². The molecule has 0 unspecified atom stereocenters. The topological polar surface area (TPSA) is 73.6 Å². The van der Waals surface area contributed by atoms with Crippen LogP contribution in [0, 0.1) is 0 Å². The van der Waals surface area contributed by atoms with Gasteiger partial charge in [-0.25, -0.2) is 4.79 Å². The minimum Gasteiger partial charge on any atom is -0.496 e. The molecule has 2 rings (SSSR count). The van der Waals surface area contributed by atoms with Crippen molar-refractivity contribution < 1.29 is 18.7 Å². The van der Waals surface area contributed by atoms with Gasteiger partial charge >= 0.3 is 5.97 Å². The summed E-state index contributed by atoms with van der Waals surface area (Å²) >= 11 is 0. The van der Waals surface area contributed by atoms with Gasteiger partial charge in [-0.3, -0.25) is 0 Å². The Bertz CT molecular complexity index is 580. The lowest BCUT2D eigenvalue weighted by Crippen LogP contribution is -2.06. The van der Waals surface area contributed by atoms with Crippen molar-refractivity contribution in [2.75, 3.05) is 19.0 Å². The number of ether oxygens (including phenoxy) is 2. The van der Waals surface area contributed by atoms with Gasteiger partial charge in [0, 0.05) is 12.1 Å². The third-order valence-corrected chi connectivity index (χ3v) is 2.61. The second kappa shape index (κ2) is 6.60. The molecule has 106 valence electrons. The lowest BCUT2D eigenvalue weighted by Gasteiger charge is -2.07. The highest BCUT2D eigenvalue weighted by molar-refractivity contribution is 5.87. The van der Waals surface area contributed by atoms with Crippen LogP contribution in [0.3, 0.4) is 0 Å². The molecule has 0 aliphatic carbocycles. The first kappa shape index (κ1) is 13.9. The first-order valence-electron chi connectivity index (χ1n) is 6.23. The van der Waals surface area contributed by atoms with E-state index < -0.39 is 5.97 Å². The molecule has 1 aromatic heterocycles. The maximum atomic E-state index is 11.4. The molecule has 1 N–H and O–H groups in total. The fraction of sp³-hybridized carbons (Fsp3) is 0.286. The normalized spacial score (nSPS) is 10.1. The van der Waals surface area contributed by atoms with E-state index in [1.54, 1.807) is 14.0 Å². The van der Waals surface area contributed by atoms with E-state index in [-0.39, 0.29) is 11.7 Å². The molecule has 0 radical (unpaired) electrons. The van der Waals surface area contributed by atoms with Crippen LogP contribution >= 0.6 is 0 Å². The third-order valence-electron chi connectivity index (χ3n) is 2.61. The van der Waals surface area contributed by atoms with Crippen LogP contribution in [0.25, 0.3) is 0 Å². The molecule has 0 aliphatic heterocycles. The highest BCUT2D eigenvalue weighted by Crippen LogP contribution is 2.18. The molecule has 1 aromatic carbocycles. The number of anilines is 1. The second-order valence-electron chi connectivity index (χ2n) is 3.92. The molecule has 1 heterocycles. The lowest BCUT2D eigenvalue weighted by atomic mass is 10.2. The molecule has 2 aromatic rings. The molecular formula is C14H16N2O4. The number of nitrogens with zero attached hydrogens (tertiary/aromatic N) is 1. The quantitative estimate of drug-likeness (QED) is 0.817. The van der Waals surface area contributed by atoms with E-state index >= 15 is 0 Å². The van der Waals surface area contributed by atoms with Crippen molar-refractivity contribution in [3.63, 3.8) is 0 Å². The van der Waals surface area contributed by atoms with Crippen LogP contribution in [0.5, 0.6) is 5.75 Å². The Morgan fingerprint density at radius 3 is 2.95 bits per heavy atom. The van der Waals surface area contributed by atoms with Crippen molar-refractivity contribution in [1.29, 1.82) is 0 Å². The number of benzene rings is 1. The predicted molar refractivity (Wildman–Crippen MR) is 72.8 cm³/mol. The standard InChI is InChI=1S/C14H16N2O4/c1-3-19-13(17)11-9-20-14(16-11)15-8-10-6-4-5-7-12(10)18-2/h4-7,9H,3,8H2,1-2H3,(H,15,16). The number of aromatic nitrogens is 1. The minimum absolute atomic E-state index is 0.148. The highest BCUT2D eigenvalue weighted by Gasteiger charge is 2.13. The van der Waals surface area contributed by atoms with Gasteiger partial charge in [0.05, 0.1) is 13.7 Å². The molecule has 0 bridgehead atoms. The molecule has 6 nitrogen and oxygen atoms in total. The molecule has 20 heavy (non-hydrogen) atoms. The number of hydrogen-bond acceptors (Lipinski definition) is 6. The zero-order valence-corrected chi connectivity index (χ0v) is 11.4. The van der Waals surface area contributed by atoms with Crippen molar-refractivity contribution in [2.24, 2.45) is 0 Å². The van der Waals surface area contributed by atoms with Gasteiger partial charge in [0.25, 0.3) is 6.01 Å². The zero-order chi connectivity index (χ0) is 14.4. The van der Waals surface area contributed by atoms with E-state index in [9.17, 15) is 4.79 Å². The summed E-state index contributed by atoms with van der Waals surface area (Å²) in [6, 6.07) is 7.88. The Morgan fingerprint density at radius 1 is 1.40 bits per heavy atom. The number of hydrogen-bond donors (Lipinski definition) is 1. The maximum absolute atomic E-state index is 11.4. The summed E-state index contributed by atoms with van der Waals surface area (Å²) in [5.41, 5.74) is 1.11. The summed E-state index contributed by atoms with van der Waals surface area (Å²) in [5.74, 6) is 0.277. The van der Waals surface area contributed by atoms with Gasteiger partial charge in [0.1, 0.15) is 12.0 Å². The summed E-state index contributed by atoms with van der Waals surface area (Å²) in [7, 11) is 1.61. The molecule has 0 fully saturated rings. The van der Waals surface area contributed by atoms with Crippen LogP contribution in [-0.4, -0.2) is 24.7 Å². The van der Waals surface area contributed by atoms with Crippen LogP contribution in [0.2, 0.25) is 0 Å². The molecule has 0 saturated heterocycles. The van der Waals surface area contributed by atoms with Gasteiger partial charge in [-0.15, -0.1) is 0 Å². The van der Waals surface area contributed by atoms with Crippen LogP contribution in [0.4, 0.5) is 6.01 Å². The molecule has 0 amide bonds. The van der Waals surface area contributed by atoms with E-state index in [4.69, 9.17) is 13.9 Å². The van der Waals surface area contributed by atoms with E-state index in [0.717, 1.165) is 11.3 Å². The van der Waals surface area contributed by atoms with Gasteiger partial charge in [0.2, 0.25) is 0 Å². The molecular weight excluding hydrogens is 260 g/mol. The van der Waals surface area contributed by atoms with Gasteiger partial charge in [0.15, 0.2) is 5.69 Å². The fourth-order valence-electron chi connectivity index (χ4n) is 1.67. The monoisotopic (exact) mass is 276 g/mol. The van der Waals surface area contributed by atoms with Crippen molar-refractivity contribution in [2.45, 2.75) is 13.5 Å². The molecule has 6 heteroatoms. The number of para-hydroxylation sites is 1. The maximum Gasteiger partial charge on any atom is 0.360 e. The average Bonchev–Trinajstić information content (AvgIpc) is 2.94. The average molecular weight is 276 g/mol. The highest BCUT2D eigenvalue weighted by atomic mass is 16.5. The van der Waals surface area contributed by atoms with Crippen LogP contribution in [0.1, 0.15) is 23.0 Å². The summed E-state index contributed by atoms with van der Waals surface area (Å²) < 4.78 is 15.2. The van der Waals surface area contributed by atoms with E-state index in [2.05, 4.69) is 10.3 Å². The minimum atomic E-state index is -0.499. The number of methoxy groups -OCH3 is 1.